The minimum Gasteiger partial charge on any atom is -0.307 e. The Balaban J connectivity index is 2.60. The van der Waals surface area contributed by atoms with Crippen LogP contribution in [0.1, 0.15) is 17.7 Å². The molecule has 0 radical (unpaired) electrons. The van der Waals surface area contributed by atoms with E-state index in [4.69, 9.17) is 0 Å². The second-order valence-corrected chi connectivity index (χ2v) is 3.60. The number of nitrogens with zero attached hydrogens (tertiary/aromatic N) is 2. The number of fused-ring (bicyclic) bond motifs is 1. The second-order valence-electron chi connectivity index (χ2n) is 2.83. The zero-order chi connectivity index (χ0) is 8.55. The van der Waals surface area contributed by atoms with Gasteiger partial charge in [0, 0.05) is 23.8 Å². The fourth-order valence-corrected chi connectivity index (χ4v) is 1.35. The molecule has 12 heavy (non-hydrogen) atoms. The maximum absolute atomic E-state index is 4.36. The van der Waals surface area contributed by atoms with Crippen LogP contribution < -0.4 is 0 Å². The van der Waals surface area contributed by atoms with Crippen LogP contribution in [0.25, 0.3) is 5.65 Å². The Morgan fingerprint density at radius 2 is 2.33 bits per heavy atom. The smallest absolute Gasteiger partial charge is 0.136 e. The van der Waals surface area contributed by atoms with Crippen LogP contribution >= 0.6 is 12.6 Å². The largest absolute Gasteiger partial charge is 0.307 e. The van der Waals surface area contributed by atoms with Crippen molar-refractivity contribution in [1.29, 1.82) is 0 Å². The van der Waals surface area contributed by atoms with Crippen molar-refractivity contribution in [3.8, 4) is 0 Å². The topological polar surface area (TPSA) is 17.3 Å². The highest BCUT2D eigenvalue weighted by molar-refractivity contribution is 7.80. The maximum Gasteiger partial charge on any atom is 0.136 e. The second kappa shape index (κ2) is 2.83. The van der Waals surface area contributed by atoms with Gasteiger partial charge in [-0.15, -0.1) is 0 Å². The van der Waals surface area contributed by atoms with E-state index in [2.05, 4.69) is 36.7 Å². The van der Waals surface area contributed by atoms with Crippen LogP contribution in [0.4, 0.5) is 0 Å². The molecule has 0 saturated heterocycles. The summed E-state index contributed by atoms with van der Waals surface area (Å²) in [5.74, 6) is 0. The average Bonchev–Trinajstić information content (AvgIpc) is 2.49. The number of pyridine rings is 1. The van der Waals surface area contributed by atoms with Gasteiger partial charge in [0.05, 0.1) is 0 Å². The lowest BCUT2D eigenvalue weighted by Crippen LogP contribution is -1.88. The molecule has 1 unspecified atom stereocenters. The van der Waals surface area contributed by atoms with Gasteiger partial charge in [-0.05, 0) is 24.6 Å². The Morgan fingerprint density at radius 1 is 1.50 bits per heavy atom. The highest BCUT2D eigenvalue weighted by atomic mass is 32.1. The third-order valence-electron chi connectivity index (χ3n) is 1.90. The summed E-state index contributed by atoms with van der Waals surface area (Å²) in [6, 6.07) is 4.12. The van der Waals surface area contributed by atoms with Gasteiger partial charge >= 0.3 is 0 Å². The summed E-state index contributed by atoms with van der Waals surface area (Å²) in [4.78, 5) is 4.19. The number of aromatic nitrogens is 2. The third kappa shape index (κ3) is 1.20. The molecule has 2 aromatic heterocycles. The first-order valence-electron chi connectivity index (χ1n) is 3.88. The van der Waals surface area contributed by atoms with Gasteiger partial charge in [0.1, 0.15) is 5.65 Å². The summed E-state index contributed by atoms with van der Waals surface area (Å²) in [6.07, 6.45) is 5.73. The van der Waals surface area contributed by atoms with Gasteiger partial charge < -0.3 is 4.40 Å². The van der Waals surface area contributed by atoms with Crippen molar-refractivity contribution in [3.63, 3.8) is 0 Å². The Hall–Kier alpha value is -0.960. The van der Waals surface area contributed by atoms with Gasteiger partial charge in [0.15, 0.2) is 0 Å². The molecular formula is C9H10N2S. The molecule has 1 atom stereocenters. The normalized spacial score (nSPS) is 13.5. The molecule has 0 aliphatic heterocycles. The first kappa shape index (κ1) is 7.68. The number of hydrogen-bond acceptors (Lipinski definition) is 2. The van der Waals surface area contributed by atoms with Crippen LogP contribution in [0.15, 0.2) is 30.7 Å². The molecule has 0 aliphatic carbocycles. The lowest BCUT2D eigenvalue weighted by atomic mass is 10.2. The predicted molar refractivity (Wildman–Crippen MR) is 52.6 cm³/mol. The highest BCUT2D eigenvalue weighted by Crippen LogP contribution is 2.19. The molecule has 0 fully saturated rings. The molecule has 2 aromatic rings. The van der Waals surface area contributed by atoms with E-state index in [9.17, 15) is 0 Å². The van der Waals surface area contributed by atoms with Crippen LogP contribution in [0.5, 0.6) is 0 Å². The fraction of sp³-hybridized carbons (Fsp3) is 0.222. The van der Waals surface area contributed by atoms with Gasteiger partial charge in [-0.25, -0.2) is 4.98 Å². The lowest BCUT2D eigenvalue weighted by molar-refractivity contribution is 1.08. The SMILES string of the molecule is CC(S)c1ccn2ccnc2c1. The summed E-state index contributed by atoms with van der Waals surface area (Å²) in [7, 11) is 0. The molecule has 62 valence electrons. The van der Waals surface area contributed by atoms with E-state index in [1.54, 1.807) is 6.20 Å². The average molecular weight is 178 g/mol. The Labute approximate surface area is 76.7 Å². The quantitative estimate of drug-likeness (QED) is 0.663. The minimum absolute atomic E-state index is 0.270. The van der Waals surface area contributed by atoms with E-state index in [0.29, 0.717) is 0 Å². The zero-order valence-corrected chi connectivity index (χ0v) is 7.70. The van der Waals surface area contributed by atoms with Crippen molar-refractivity contribution in [2.45, 2.75) is 12.2 Å². The minimum atomic E-state index is 0.270. The number of rotatable bonds is 1. The van der Waals surface area contributed by atoms with Crippen molar-refractivity contribution >= 4 is 18.3 Å². The third-order valence-corrected chi connectivity index (χ3v) is 2.20. The molecule has 0 aromatic carbocycles. The van der Waals surface area contributed by atoms with E-state index in [1.165, 1.54) is 5.56 Å². The van der Waals surface area contributed by atoms with E-state index >= 15 is 0 Å². The van der Waals surface area contributed by atoms with Gasteiger partial charge in [-0.2, -0.15) is 12.6 Å². The molecule has 0 saturated carbocycles. The summed E-state index contributed by atoms with van der Waals surface area (Å²) < 4.78 is 1.99. The first-order valence-corrected chi connectivity index (χ1v) is 4.40. The lowest BCUT2D eigenvalue weighted by Gasteiger charge is -2.03. The van der Waals surface area contributed by atoms with E-state index in [1.807, 2.05) is 16.8 Å². The number of hydrogen-bond donors (Lipinski definition) is 1. The molecule has 0 bridgehead atoms. The van der Waals surface area contributed by atoms with Gasteiger partial charge in [-0.1, -0.05) is 0 Å². The fourth-order valence-electron chi connectivity index (χ4n) is 1.19. The van der Waals surface area contributed by atoms with Crippen LogP contribution in [-0.4, -0.2) is 9.38 Å². The molecule has 3 heteroatoms. The van der Waals surface area contributed by atoms with Crippen molar-refractivity contribution in [2.75, 3.05) is 0 Å². The number of imidazole rings is 1. The molecule has 2 nitrogen and oxygen atoms in total. The summed E-state index contributed by atoms with van der Waals surface area (Å²) in [6.45, 7) is 2.05. The summed E-state index contributed by atoms with van der Waals surface area (Å²) in [5, 5.41) is 0.270. The molecule has 2 heterocycles. The summed E-state index contributed by atoms with van der Waals surface area (Å²) in [5.41, 5.74) is 2.19. The first-order chi connectivity index (χ1) is 5.77. The van der Waals surface area contributed by atoms with Crippen molar-refractivity contribution in [1.82, 2.24) is 9.38 Å². The molecule has 0 spiro atoms. The molecule has 0 aliphatic rings. The van der Waals surface area contributed by atoms with Crippen LogP contribution in [-0.2, 0) is 0 Å². The zero-order valence-electron chi connectivity index (χ0n) is 6.81. The van der Waals surface area contributed by atoms with Crippen LogP contribution in [0, 0.1) is 0 Å². The van der Waals surface area contributed by atoms with Crippen LogP contribution in [0.2, 0.25) is 0 Å². The standard InChI is InChI=1S/C9H10N2S/c1-7(12)8-2-4-11-5-3-10-9(11)6-8/h2-7,12H,1H3. The Morgan fingerprint density at radius 3 is 3.08 bits per heavy atom. The van der Waals surface area contributed by atoms with Crippen molar-refractivity contribution in [3.05, 3.63) is 36.3 Å². The number of thiol groups is 1. The molecule has 0 N–H and O–H groups in total. The molecule has 0 amide bonds. The van der Waals surface area contributed by atoms with Crippen LogP contribution in [0.3, 0.4) is 0 Å². The van der Waals surface area contributed by atoms with Crippen molar-refractivity contribution < 1.29 is 0 Å². The summed E-state index contributed by atoms with van der Waals surface area (Å²) >= 11 is 4.36. The van der Waals surface area contributed by atoms with E-state index in [0.717, 1.165) is 5.65 Å². The van der Waals surface area contributed by atoms with E-state index in [-0.39, 0.29) is 5.25 Å². The Kier molecular flexibility index (Phi) is 1.81. The maximum atomic E-state index is 4.36. The predicted octanol–water partition coefficient (Wildman–Crippen LogP) is 2.33. The van der Waals surface area contributed by atoms with E-state index < -0.39 is 0 Å². The molecular weight excluding hydrogens is 168 g/mol. The van der Waals surface area contributed by atoms with Gasteiger partial charge in [0.2, 0.25) is 0 Å². The van der Waals surface area contributed by atoms with Gasteiger partial charge in [0.25, 0.3) is 0 Å². The monoisotopic (exact) mass is 178 g/mol. The highest BCUT2D eigenvalue weighted by Gasteiger charge is 2.00. The Bertz CT molecular complexity index is 392. The van der Waals surface area contributed by atoms with Crippen molar-refractivity contribution in [2.24, 2.45) is 0 Å². The molecule has 2 rings (SSSR count). The van der Waals surface area contributed by atoms with Gasteiger partial charge in [-0.3, -0.25) is 0 Å².